The molecule has 6 nitrogen and oxygen atoms in total. The summed E-state index contributed by atoms with van der Waals surface area (Å²) in [4.78, 5) is 18.1. The lowest BCUT2D eigenvalue weighted by Gasteiger charge is -2.19. The topological polar surface area (TPSA) is 63.1 Å². The highest BCUT2D eigenvalue weighted by Gasteiger charge is 2.16. The molecule has 0 aromatic carbocycles. The van der Waals surface area contributed by atoms with E-state index in [0.717, 1.165) is 5.69 Å². The van der Waals surface area contributed by atoms with E-state index in [1.54, 1.807) is 17.0 Å². The van der Waals surface area contributed by atoms with Gasteiger partial charge in [0.1, 0.15) is 5.82 Å². The van der Waals surface area contributed by atoms with Crippen molar-refractivity contribution < 1.29 is 4.79 Å². The molecule has 22 heavy (non-hydrogen) atoms. The molecule has 0 radical (unpaired) electrons. The number of nitrogens with zero attached hydrogens (tertiary/aromatic N) is 4. The highest BCUT2D eigenvalue weighted by Crippen LogP contribution is 2.25. The molecule has 0 saturated carbocycles. The lowest BCUT2D eigenvalue weighted by Crippen LogP contribution is -2.35. The van der Waals surface area contributed by atoms with Crippen LogP contribution in [0, 0.1) is 6.92 Å². The first-order valence-electron chi connectivity index (χ1n) is 6.90. The van der Waals surface area contributed by atoms with Crippen molar-refractivity contribution in [3.05, 3.63) is 34.1 Å². The molecule has 2 aromatic heterocycles. The number of pyridine rings is 1. The van der Waals surface area contributed by atoms with Gasteiger partial charge in [-0.2, -0.15) is 9.78 Å². The van der Waals surface area contributed by atoms with Crippen LogP contribution in [0.25, 0.3) is 5.82 Å². The van der Waals surface area contributed by atoms with Crippen LogP contribution in [0.5, 0.6) is 0 Å². The van der Waals surface area contributed by atoms with E-state index in [2.05, 4.69) is 15.4 Å². The van der Waals surface area contributed by atoms with Gasteiger partial charge in [-0.15, -0.1) is 0 Å². The molecule has 0 aliphatic rings. The van der Waals surface area contributed by atoms with Crippen molar-refractivity contribution in [2.45, 2.75) is 20.8 Å². The normalized spacial score (nSPS) is 10.6. The largest absolute Gasteiger partial charge is 0.325 e. The summed E-state index contributed by atoms with van der Waals surface area (Å²) in [6.07, 6.45) is 1.48. The Kier molecular flexibility index (Phi) is 5.26. The monoisotopic (exact) mass is 341 g/mol. The fourth-order valence-corrected chi connectivity index (χ4v) is 2.47. The third-order valence-corrected chi connectivity index (χ3v) is 3.59. The molecule has 0 spiro atoms. The molecular formula is C14H17Cl2N5O. The average molecular weight is 342 g/mol. The number of anilines is 1. The number of hydrogen-bond acceptors (Lipinski definition) is 3. The summed E-state index contributed by atoms with van der Waals surface area (Å²) >= 11 is 12.0. The maximum absolute atomic E-state index is 12.2. The first-order chi connectivity index (χ1) is 10.5. The highest BCUT2D eigenvalue weighted by atomic mass is 35.5. The Balaban J connectivity index is 2.36. The number of urea groups is 1. The summed E-state index contributed by atoms with van der Waals surface area (Å²) in [6, 6.07) is 3.14. The Bertz CT molecular complexity index is 682. The highest BCUT2D eigenvalue weighted by molar-refractivity contribution is 6.35. The van der Waals surface area contributed by atoms with Crippen LogP contribution in [-0.4, -0.2) is 38.8 Å². The fourth-order valence-electron chi connectivity index (χ4n) is 2.01. The number of nitrogens with one attached hydrogen (secondary N) is 1. The van der Waals surface area contributed by atoms with E-state index in [4.69, 9.17) is 23.2 Å². The smallest absolute Gasteiger partial charge is 0.322 e. The number of amides is 2. The van der Waals surface area contributed by atoms with Crippen molar-refractivity contribution in [1.29, 1.82) is 0 Å². The van der Waals surface area contributed by atoms with Gasteiger partial charge in [0.25, 0.3) is 0 Å². The lowest BCUT2D eigenvalue weighted by atomic mass is 10.4. The van der Waals surface area contributed by atoms with E-state index in [0.29, 0.717) is 34.8 Å². The van der Waals surface area contributed by atoms with Crippen molar-refractivity contribution in [1.82, 2.24) is 19.7 Å². The molecule has 0 atom stereocenters. The van der Waals surface area contributed by atoms with Crippen LogP contribution < -0.4 is 5.32 Å². The van der Waals surface area contributed by atoms with E-state index in [1.807, 2.05) is 20.8 Å². The zero-order valence-corrected chi connectivity index (χ0v) is 14.1. The predicted molar refractivity (Wildman–Crippen MR) is 88.1 cm³/mol. The van der Waals surface area contributed by atoms with Crippen LogP contribution in [0.15, 0.2) is 18.3 Å². The van der Waals surface area contributed by atoms with E-state index >= 15 is 0 Å². The maximum Gasteiger partial charge on any atom is 0.322 e. The molecule has 2 rings (SSSR count). The van der Waals surface area contributed by atoms with Crippen LogP contribution in [0.1, 0.15) is 19.5 Å². The molecule has 0 fully saturated rings. The van der Waals surface area contributed by atoms with Gasteiger partial charge in [0.15, 0.2) is 5.82 Å². The Hall–Kier alpha value is -1.79. The fraction of sp³-hybridized carbons (Fsp3) is 0.357. The van der Waals surface area contributed by atoms with Gasteiger partial charge in [0.2, 0.25) is 0 Å². The van der Waals surface area contributed by atoms with E-state index in [1.165, 1.54) is 10.9 Å². The van der Waals surface area contributed by atoms with Gasteiger partial charge in [-0.1, -0.05) is 23.2 Å². The zero-order valence-electron chi connectivity index (χ0n) is 12.6. The maximum atomic E-state index is 12.2. The lowest BCUT2D eigenvalue weighted by molar-refractivity contribution is 0.217. The van der Waals surface area contributed by atoms with Crippen molar-refractivity contribution >= 4 is 35.1 Å². The molecular weight excluding hydrogens is 325 g/mol. The Morgan fingerprint density at radius 2 is 2.00 bits per heavy atom. The van der Waals surface area contributed by atoms with Gasteiger partial charge in [0, 0.05) is 25.4 Å². The molecule has 1 N–H and O–H groups in total. The van der Waals surface area contributed by atoms with Crippen molar-refractivity contribution in [3.8, 4) is 5.82 Å². The number of aromatic nitrogens is 3. The van der Waals surface area contributed by atoms with E-state index in [9.17, 15) is 4.79 Å². The van der Waals surface area contributed by atoms with Crippen LogP contribution in [0.3, 0.4) is 0 Å². The summed E-state index contributed by atoms with van der Waals surface area (Å²) in [5, 5.41) is 7.95. The van der Waals surface area contributed by atoms with Gasteiger partial charge < -0.3 is 4.90 Å². The molecule has 2 aromatic rings. The summed E-state index contributed by atoms with van der Waals surface area (Å²) in [5.41, 5.74) is 0.739. The minimum absolute atomic E-state index is 0.198. The van der Waals surface area contributed by atoms with Gasteiger partial charge in [-0.05, 0) is 26.8 Å². The second-order valence-electron chi connectivity index (χ2n) is 4.64. The summed E-state index contributed by atoms with van der Waals surface area (Å²) in [7, 11) is 0. The van der Waals surface area contributed by atoms with Crippen LogP contribution >= 0.6 is 23.2 Å². The summed E-state index contributed by atoms with van der Waals surface area (Å²) in [6.45, 7) is 6.91. The van der Waals surface area contributed by atoms with E-state index in [-0.39, 0.29) is 6.03 Å². The van der Waals surface area contributed by atoms with E-state index < -0.39 is 0 Å². The molecule has 118 valence electrons. The first-order valence-corrected chi connectivity index (χ1v) is 7.65. The van der Waals surface area contributed by atoms with Crippen LogP contribution in [0.2, 0.25) is 10.0 Å². The number of hydrogen-bond donors (Lipinski definition) is 1. The molecule has 0 saturated heterocycles. The number of halogens is 2. The molecule has 0 aliphatic heterocycles. The predicted octanol–water partition coefficient (Wildman–Crippen LogP) is 3.76. The van der Waals surface area contributed by atoms with Crippen molar-refractivity contribution in [2.75, 3.05) is 18.4 Å². The van der Waals surface area contributed by atoms with Crippen LogP contribution in [0.4, 0.5) is 10.6 Å². The van der Waals surface area contributed by atoms with Gasteiger partial charge >= 0.3 is 6.03 Å². The Labute approximate surface area is 139 Å². The summed E-state index contributed by atoms with van der Waals surface area (Å²) < 4.78 is 1.50. The zero-order chi connectivity index (χ0) is 16.3. The molecule has 2 amide bonds. The minimum atomic E-state index is -0.198. The van der Waals surface area contributed by atoms with Gasteiger partial charge in [-0.25, -0.2) is 9.78 Å². The van der Waals surface area contributed by atoms with Gasteiger partial charge in [-0.3, -0.25) is 5.32 Å². The standard InChI is InChI=1S/C14H17Cl2N5O/c1-4-20(5-2)14(22)18-12-6-9(3)19-21(12)13-11(16)7-10(15)8-17-13/h6-8H,4-5H2,1-3H3,(H,18,22). The molecule has 0 aliphatic carbocycles. The number of aryl methyl sites for hydroxylation is 1. The summed E-state index contributed by atoms with van der Waals surface area (Å²) in [5.74, 6) is 0.917. The third kappa shape index (κ3) is 3.51. The molecule has 2 heterocycles. The number of rotatable bonds is 4. The number of carbonyl (C=O) groups is 1. The molecule has 8 heteroatoms. The van der Waals surface area contributed by atoms with Gasteiger partial charge in [0.05, 0.1) is 15.7 Å². The minimum Gasteiger partial charge on any atom is -0.325 e. The Morgan fingerprint density at radius 3 is 2.59 bits per heavy atom. The third-order valence-electron chi connectivity index (χ3n) is 3.11. The number of carbonyl (C=O) groups excluding carboxylic acids is 1. The first kappa shape index (κ1) is 16.6. The molecule has 0 bridgehead atoms. The quantitative estimate of drug-likeness (QED) is 0.920. The average Bonchev–Trinajstić information content (AvgIpc) is 2.80. The molecule has 0 unspecified atom stereocenters. The second kappa shape index (κ2) is 6.98. The van der Waals surface area contributed by atoms with Crippen LogP contribution in [-0.2, 0) is 0 Å². The van der Waals surface area contributed by atoms with Crippen molar-refractivity contribution in [3.63, 3.8) is 0 Å². The SMILES string of the molecule is CCN(CC)C(=O)Nc1cc(C)nn1-c1ncc(Cl)cc1Cl. The van der Waals surface area contributed by atoms with Crippen molar-refractivity contribution in [2.24, 2.45) is 0 Å². The second-order valence-corrected chi connectivity index (χ2v) is 5.49. The Morgan fingerprint density at radius 1 is 1.32 bits per heavy atom.